The number of halogens is 4. The van der Waals surface area contributed by atoms with Gasteiger partial charge in [-0.05, 0) is 18.2 Å². The minimum atomic E-state index is -4.37. The molecule has 0 saturated carbocycles. The summed E-state index contributed by atoms with van der Waals surface area (Å²) in [4.78, 5) is 0. The summed E-state index contributed by atoms with van der Waals surface area (Å²) in [5, 5.41) is 0. The van der Waals surface area contributed by atoms with Crippen LogP contribution in [0.15, 0.2) is 18.2 Å². The standard InChI is InChI=1S/C13H13F4NO2/c14-11-3-4-12(10(8-11)2-1-5-18)20-7-6-19-9-13(15,16)17/h3-4,8H,5-7,9,18H2. The fourth-order valence-corrected chi connectivity index (χ4v) is 1.27. The van der Waals surface area contributed by atoms with E-state index in [-0.39, 0.29) is 31.1 Å². The highest BCUT2D eigenvalue weighted by Crippen LogP contribution is 2.19. The molecule has 0 spiro atoms. The van der Waals surface area contributed by atoms with E-state index in [4.69, 9.17) is 10.5 Å². The Morgan fingerprint density at radius 3 is 2.60 bits per heavy atom. The molecule has 2 N–H and O–H groups in total. The molecule has 0 radical (unpaired) electrons. The van der Waals surface area contributed by atoms with Crippen molar-refractivity contribution >= 4 is 0 Å². The van der Waals surface area contributed by atoms with Crippen LogP contribution in [-0.4, -0.2) is 32.5 Å². The zero-order chi connectivity index (χ0) is 15.0. The van der Waals surface area contributed by atoms with E-state index in [1.807, 2.05) is 0 Å². The first-order chi connectivity index (χ1) is 9.42. The molecule has 7 heteroatoms. The average molecular weight is 291 g/mol. The van der Waals surface area contributed by atoms with Crippen molar-refractivity contribution < 1.29 is 27.0 Å². The van der Waals surface area contributed by atoms with Crippen molar-refractivity contribution in [3.8, 4) is 17.6 Å². The molecule has 0 atom stereocenters. The lowest BCUT2D eigenvalue weighted by atomic mass is 10.2. The Labute approximate surface area is 113 Å². The van der Waals surface area contributed by atoms with Gasteiger partial charge in [-0.25, -0.2) is 4.39 Å². The van der Waals surface area contributed by atoms with Gasteiger partial charge in [0.1, 0.15) is 24.8 Å². The molecule has 1 aromatic carbocycles. The number of hydrogen-bond donors (Lipinski definition) is 1. The number of nitrogens with two attached hydrogens (primary N) is 1. The molecule has 0 aliphatic rings. The van der Waals surface area contributed by atoms with E-state index in [2.05, 4.69) is 16.6 Å². The van der Waals surface area contributed by atoms with E-state index in [0.717, 1.165) is 6.07 Å². The minimum Gasteiger partial charge on any atom is -0.490 e. The Balaban J connectivity index is 2.51. The van der Waals surface area contributed by atoms with Crippen LogP contribution in [0.3, 0.4) is 0 Å². The largest absolute Gasteiger partial charge is 0.490 e. The van der Waals surface area contributed by atoms with Crippen LogP contribution in [0.25, 0.3) is 0 Å². The molecule has 0 saturated heterocycles. The maximum atomic E-state index is 13.0. The predicted octanol–water partition coefficient (Wildman–Crippen LogP) is 2.09. The Bertz CT molecular complexity index is 491. The zero-order valence-electron chi connectivity index (χ0n) is 10.5. The van der Waals surface area contributed by atoms with Gasteiger partial charge in [-0.2, -0.15) is 13.2 Å². The van der Waals surface area contributed by atoms with E-state index in [9.17, 15) is 17.6 Å². The van der Waals surface area contributed by atoms with Gasteiger partial charge in [-0.15, -0.1) is 0 Å². The van der Waals surface area contributed by atoms with Gasteiger partial charge >= 0.3 is 6.18 Å². The van der Waals surface area contributed by atoms with Crippen LogP contribution in [0.1, 0.15) is 5.56 Å². The molecule has 0 heterocycles. The Morgan fingerprint density at radius 2 is 1.95 bits per heavy atom. The molecule has 0 amide bonds. The molecule has 1 aromatic rings. The minimum absolute atomic E-state index is 0.0982. The Morgan fingerprint density at radius 1 is 1.20 bits per heavy atom. The summed E-state index contributed by atoms with van der Waals surface area (Å²) in [7, 11) is 0. The number of benzene rings is 1. The van der Waals surface area contributed by atoms with E-state index >= 15 is 0 Å². The van der Waals surface area contributed by atoms with Crippen LogP contribution in [0.2, 0.25) is 0 Å². The summed E-state index contributed by atoms with van der Waals surface area (Å²) in [5.74, 6) is 4.94. The maximum Gasteiger partial charge on any atom is 0.411 e. The molecule has 1 rings (SSSR count). The van der Waals surface area contributed by atoms with Gasteiger partial charge in [0.05, 0.1) is 18.7 Å². The van der Waals surface area contributed by atoms with Gasteiger partial charge in [-0.3, -0.25) is 0 Å². The van der Waals surface area contributed by atoms with Crippen molar-refractivity contribution in [3.05, 3.63) is 29.6 Å². The molecule has 0 aliphatic heterocycles. The summed E-state index contributed by atoms with van der Waals surface area (Å²) in [6.45, 7) is -1.57. The summed E-state index contributed by atoms with van der Waals surface area (Å²) in [6.07, 6.45) is -4.37. The summed E-state index contributed by atoms with van der Waals surface area (Å²) >= 11 is 0. The second-order valence-electron chi connectivity index (χ2n) is 3.66. The molecule has 0 bridgehead atoms. The smallest absolute Gasteiger partial charge is 0.411 e. The van der Waals surface area contributed by atoms with Crippen LogP contribution in [0.5, 0.6) is 5.75 Å². The highest BCUT2D eigenvalue weighted by Gasteiger charge is 2.27. The summed E-state index contributed by atoms with van der Waals surface area (Å²) < 4.78 is 58.1. The highest BCUT2D eigenvalue weighted by atomic mass is 19.4. The highest BCUT2D eigenvalue weighted by molar-refractivity contribution is 5.46. The topological polar surface area (TPSA) is 44.5 Å². The second-order valence-corrected chi connectivity index (χ2v) is 3.66. The second kappa shape index (κ2) is 7.72. The maximum absolute atomic E-state index is 13.0. The quantitative estimate of drug-likeness (QED) is 0.513. The van der Waals surface area contributed by atoms with Gasteiger partial charge in [0.2, 0.25) is 0 Å². The van der Waals surface area contributed by atoms with Crippen molar-refractivity contribution in [1.29, 1.82) is 0 Å². The first-order valence-electron chi connectivity index (χ1n) is 5.68. The van der Waals surface area contributed by atoms with Gasteiger partial charge in [0.25, 0.3) is 0 Å². The van der Waals surface area contributed by atoms with Crippen LogP contribution in [-0.2, 0) is 4.74 Å². The van der Waals surface area contributed by atoms with Crippen molar-refractivity contribution in [3.63, 3.8) is 0 Å². The monoisotopic (exact) mass is 291 g/mol. The Hall–Kier alpha value is -1.78. The molecule has 0 unspecified atom stereocenters. The molecular weight excluding hydrogens is 278 g/mol. The molecule has 0 aliphatic carbocycles. The summed E-state index contributed by atoms with van der Waals surface area (Å²) in [5.41, 5.74) is 5.49. The van der Waals surface area contributed by atoms with E-state index in [1.54, 1.807) is 0 Å². The van der Waals surface area contributed by atoms with Crippen LogP contribution in [0, 0.1) is 17.7 Å². The SMILES string of the molecule is NCC#Cc1cc(F)ccc1OCCOCC(F)(F)F. The van der Waals surface area contributed by atoms with E-state index < -0.39 is 18.6 Å². The van der Waals surface area contributed by atoms with E-state index in [1.165, 1.54) is 12.1 Å². The van der Waals surface area contributed by atoms with Gasteiger partial charge < -0.3 is 15.2 Å². The van der Waals surface area contributed by atoms with Crippen LogP contribution >= 0.6 is 0 Å². The number of ether oxygens (including phenoxy) is 2. The summed E-state index contributed by atoms with van der Waals surface area (Å²) in [6, 6.07) is 3.67. The van der Waals surface area contributed by atoms with Gasteiger partial charge in [0.15, 0.2) is 0 Å². The third kappa shape index (κ3) is 6.41. The first kappa shape index (κ1) is 16.3. The lowest BCUT2D eigenvalue weighted by Gasteiger charge is -2.10. The molecule has 3 nitrogen and oxygen atoms in total. The Kier molecular flexibility index (Phi) is 6.28. The van der Waals surface area contributed by atoms with Crippen molar-refractivity contribution in [2.24, 2.45) is 5.73 Å². The van der Waals surface area contributed by atoms with Crippen LogP contribution in [0.4, 0.5) is 17.6 Å². The fourth-order valence-electron chi connectivity index (χ4n) is 1.27. The van der Waals surface area contributed by atoms with Gasteiger partial charge in [0, 0.05) is 0 Å². The molecular formula is C13H13F4NO2. The predicted molar refractivity (Wildman–Crippen MR) is 64.7 cm³/mol. The number of rotatable bonds is 5. The lowest BCUT2D eigenvalue weighted by molar-refractivity contribution is -0.175. The lowest BCUT2D eigenvalue weighted by Crippen LogP contribution is -2.19. The van der Waals surface area contributed by atoms with Crippen molar-refractivity contribution in [1.82, 2.24) is 0 Å². The van der Waals surface area contributed by atoms with Crippen molar-refractivity contribution in [2.75, 3.05) is 26.4 Å². The third-order valence-corrected chi connectivity index (χ3v) is 2.02. The first-order valence-corrected chi connectivity index (χ1v) is 5.68. The molecule has 110 valence electrons. The third-order valence-electron chi connectivity index (χ3n) is 2.02. The molecule has 20 heavy (non-hydrogen) atoms. The fraction of sp³-hybridized carbons (Fsp3) is 0.385. The molecule has 0 aromatic heterocycles. The number of hydrogen-bond acceptors (Lipinski definition) is 3. The normalized spacial score (nSPS) is 10.8. The average Bonchev–Trinajstić information content (AvgIpc) is 2.36. The van der Waals surface area contributed by atoms with E-state index in [0.29, 0.717) is 0 Å². The van der Waals surface area contributed by atoms with Gasteiger partial charge in [-0.1, -0.05) is 11.8 Å². The molecule has 0 fully saturated rings. The van der Waals surface area contributed by atoms with Crippen molar-refractivity contribution in [2.45, 2.75) is 6.18 Å². The number of alkyl halides is 3. The van der Waals surface area contributed by atoms with Crippen LogP contribution < -0.4 is 10.5 Å². The zero-order valence-corrected chi connectivity index (χ0v) is 10.5.